The summed E-state index contributed by atoms with van der Waals surface area (Å²) in [5.41, 5.74) is 4.85. The van der Waals surface area contributed by atoms with Crippen molar-refractivity contribution < 1.29 is 22.7 Å². The number of halogens is 3. The Hall–Kier alpha value is -0.820. The fourth-order valence-corrected chi connectivity index (χ4v) is 1.98. The molecule has 1 fully saturated rings. The van der Waals surface area contributed by atoms with Crippen molar-refractivity contribution in [3.63, 3.8) is 0 Å². The highest BCUT2D eigenvalue weighted by Gasteiger charge is 2.50. The molecule has 0 spiro atoms. The number of esters is 1. The molecule has 1 saturated heterocycles. The number of nitrogens with two attached hydrogens (primary N) is 1. The predicted octanol–water partition coefficient (Wildman–Crippen LogP) is 1.05. The van der Waals surface area contributed by atoms with Gasteiger partial charge in [-0.3, -0.25) is 4.79 Å². The second kappa shape index (κ2) is 5.05. The first kappa shape index (κ1) is 15.2. The van der Waals surface area contributed by atoms with E-state index in [1.165, 1.54) is 0 Å². The Morgan fingerprint density at radius 1 is 1.33 bits per heavy atom. The van der Waals surface area contributed by atoms with E-state index in [-0.39, 0.29) is 13.1 Å². The summed E-state index contributed by atoms with van der Waals surface area (Å²) in [6.45, 7) is 4.80. The highest BCUT2D eigenvalue weighted by Crippen LogP contribution is 2.35. The number of hydrogen-bond acceptors (Lipinski definition) is 4. The van der Waals surface area contributed by atoms with Crippen molar-refractivity contribution in [1.82, 2.24) is 5.32 Å². The summed E-state index contributed by atoms with van der Waals surface area (Å²) in [4.78, 5) is 11.7. The van der Waals surface area contributed by atoms with Gasteiger partial charge in [-0.1, -0.05) is 0 Å². The Balaban J connectivity index is 2.71. The minimum atomic E-state index is -4.35. The number of carbonyl (C=O) groups excluding carboxylic acids is 1. The molecule has 0 radical (unpaired) electrons. The van der Waals surface area contributed by atoms with Crippen molar-refractivity contribution in [2.45, 2.75) is 38.6 Å². The summed E-state index contributed by atoms with van der Waals surface area (Å²) in [7, 11) is 0. The number of alkyl halides is 3. The van der Waals surface area contributed by atoms with Crippen molar-refractivity contribution in [2.24, 2.45) is 17.6 Å². The van der Waals surface area contributed by atoms with Crippen LogP contribution in [0.4, 0.5) is 13.2 Å². The first-order valence-electron chi connectivity index (χ1n) is 5.78. The summed E-state index contributed by atoms with van der Waals surface area (Å²) in [5.74, 6) is -3.36. The van der Waals surface area contributed by atoms with E-state index in [4.69, 9.17) is 10.5 Å². The van der Waals surface area contributed by atoms with Crippen LogP contribution in [0.15, 0.2) is 0 Å². The van der Waals surface area contributed by atoms with Crippen LogP contribution in [0.25, 0.3) is 0 Å². The molecule has 0 aromatic rings. The lowest BCUT2D eigenvalue weighted by molar-refractivity contribution is -0.184. The lowest BCUT2D eigenvalue weighted by Gasteiger charge is -2.28. The van der Waals surface area contributed by atoms with Crippen molar-refractivity contribution in [3.05, 3.63) is 0 Å². The van der Waals surface area contributed by atoms with Gasteiger partial charge >= 0.3 is 12.1 Å². The lowest BCUT2D eigenvalue weighted by Crippen LogP contribution is -2.47. The molecule has 0 aliphatic carbocycles. The van der Waals surface area contributed by atoms with Gasteiger partial charge in [0.15, 0.2) is 0 Å². The van der Waals surface area contributed by atoms with Gasteiger partial charge in [-0.2, -0.15) is 13.2 Å². The van der Waals surface area contributed by atoms with Gasteiger partial charge in [-0.15, -0.1) is 0 Å². The molecule has 1 aliphatic rings. The molecular formula is C11H19F3N2O2. The Morgan fingerprint density at radius 2 is 1.89 bits per heavy atom. The lowest BCUT2D eigenvalue weighted by atomic mass is 9.89. The van der Waals surface area contributed by atoms with E-state index in [0.29, 0.717) is 0 Å². The van der Waals surface area contributed by atoms with E-state index >= 15 is 0 Å². The van der Waals surface area contributed by atoms with Gasteiger partial charge < -0.3 is 15.8 Å². The third kappa shape index (κ3) is 3.84. The minimum Gasteiger partial charge on any atom is -0.459 e. The van der Waals surface area contributed by atoms with E-state index < -0.39 is 35.6 Å². The molecule has 3 N–H and O–H groups in total. The average Bonchev–Trinajstić information content (AvgIpc) is 2.60. The number of hydrogen-bond donors (Lipinski definition) is 2. The van der Waals surface area contributed by atoms with Crippen LogP contribution in [0.1, 0.15) is 20.8 Å². The van der Waals surface area contributed by atoms with Crippen LogP contribution < -0.4 is 11.1 Å². The van der Waals surface area contributed by atoms with Crippen molar-refractivity contribution >= 4 is 5.97 Å². The molecular weight excluding hydrogens is 249 g/mol. The van der Waals surface area contributed by atoms with Crippen LogP contribution in [0.2, 0.25) is 0 Å². The fourth-order valence-electron chi connectivity index (χ4n) is 1.98. The average molecular weight is 268 g/mol. The molecule has 18 heavy (non-hydrogen) atoms. The number of carbonyl (C=O) groups is 1. The molecule has 0 amide bonds. The van der Waals surface area contributed by atoms with Gasteiger partial charge in [0.05, 0.1) is 5.92 Å². The number of rotatable bonds is 2. The molecule has 0 aromatic heterocycles. The van der Waals surface area contributed by atoms with E-state index in [2.05, 4.69) is 5.32 Å². The van der Waals surface area contributed by atoms with Crippen LogP contribution in [0.5, 0.6) is 0 Å². The number of ether oxygens (including phenoxy) is 1. The molecule has 1 unspecified atom stereocenters. The quantitative estimate of drug-likeness (QED) is 0.735. The van der Waals surface area contributed by atoms with E-state index in [1.807, 2.05) is 0 Å². The molecule has 0 saturated carbocycles. The van der Waals surface area contributed by atoms with Crippen molar-refractivity contribution in [3.8, 4) is 0 Å². The maximum atomic E-state index is 12.7. The highest BCUT2D eigenvalue weighted by atomic mass is 19.4. The molecule has 0 bridgehead atoms. The van der Waals surface area contributed by atoms with Gasteiger partial charge in [0.2, 0.25) is 0 Å². The number of nitrogens with one attached hydrogen (secondary N) is 1. The second-order valence-electron chi connectivity index (χ2n) is 5.53. The van der Waals surface area contributed by atoms with E-state index in [1.54, 1.807) is 20.8 Å². The van der Waals surface area contributed by atoms with Gasteiger partial charge in [0.25, 0.3) is 0 Å². The zero-order chi connectivity index (χ0) is 14.1. The van der Waals surface area contributed by atoms with Crippen LogP contribution >= 0.6 is 0 Å². The largest absolute Gasteiger partial charge is 0.459 e. The molecule has 106 valence electrons. The molecule has 1 aliphatic heterocycles. The highest BCUT2D eigenvalue weighted by molar-refractivity contribution is 5.76. The Kier molecular flexibility index (Phi) is 4.27. The Bertz CT molecular complexity index is 312. The smallest absolute Gasteiger partial charge is 0.393 e. The second-order valence-corrected chi connectivity index (χ2v) is 5.53. The molecule has 3 atom stereocenters. The van der Waals surface area contributed by atoms with E-state index in [0.717, 1.165) is 0 Å². The summed E-state index contributed by atoms with van der Waals surface area (Å²) in [5, 5.41) is 2.62. The summed E-state index contributed by atoms with van der Waals surface area (Å²) >= 11 is 0. The monoisotopic (exact) mass is 268 g/mol. The third-order valence-corrected chi connectivity index (χ3v) is 2.82. The van der Waals surface area contributed by atoms with Crippen LogP contribution in [-0.2, 0) is 9.53 Å². The summed E-state index contributed by atoms with van der Waals surface area (Å²) < 4.78 is 43.2. The maximum Gasteiger partial charge on any atom is 0.393 e. The third-order valence-electron chi connectivity index (χ3n) is 2.82. The van der Waals surface area contributed by atoms with Crippen LogP contribution in [0.3, 0.4) is 0 Å². The van der Waals surface area contributed by atoms with Crippen molar-refractivity contribution in [2.75, 3.05) is 13.1 Å². The first-order chi connectivity index (χ1) is 8.02. The molecule has 4 nitrogen and oxygen atoms in total. The molecule has 7 heteroatoms. The zero-order valence-corrected chi connectivity index (χ0v) is 10.7. The molecule has 1 rings (SSSR count). The Morgan fingerprint density at radius 3 is 2.33 bits per heavy atom. The zero-order valence-electron chi connectivity index (χ0n) is 10.7. The summed E-state index contributed by atoms with van der Waals surface area (Å²) in [6, 6.07) is -1.26. The van der Waals surface area contributed by atoms with Gasteiger partial charge in [0, 0.05) is 19.0 Å². The minimum absolute atomic E-state index is 0.0740. The fraction of sp³-hybridized carbons (Fsp3) is 0.909. The standard InChI is InChI=1S/C11H19F3N2O2/c1-10(2,3)18-9(17)8(15)6-4-16-5-7(6)11(12,13)14/h6-8,16H,4-5,15H2,1-3H3/t6-,7-,8?/m1/s1. The summed E-state index contributed by atoms with van der Waals surface area (Å²) in [6.07, 6.45) is -4.35. The van der Waals surface area contributed by atoms with Crippen LogP contribution in [-0.4, -0.2) is 36.9 Å². The molecule has 0 aromatic carbocycles. The van der Waals surface area contributed by atoms with Gasteiger partial charge in [0.1, 0.15) is 11.6 Å². The normalized spacial score (nSPS) is 27.1. The van der Waals surface area contributed by atoms with Gasteiger partial charge in [-0.25, -0.2) is 0 Å². The SMILES string of the molecule is CC(C)(C)OC(=O)C(N)[C@@H]1CNC[C@H]1C(F)(F)F. The van der Waals surface area contributed by atoms with Gasteiger partial charge in [-0.05, 0) is 20.8 Å². The Labute approximate surface area is 104 Å². The first-order valence-corrected chi connectivity index (χ1v) is 5.78. The predicted molar refractivity (Wildman–Crippen MR) is 59.7 cm³/mol. The maximum absolute atomic E-state index is 12.7. The molecule has 1 heterocycles. The van der Waals surface area contributed by atoms with E-state index in [9.17, 15) is 18.0 Å². The van der Waals surface area contributed by atoms with Crippen molar-refractivity contribution in [1.29, 1.82) is 0 Å². The van der Waals surface area contributed by atoms with Crippen LogP contribution in [0, 0.1) is 11.8 Å². The topological polar surface area (TPSA) is 64.3 Å².